The molecule has 0 aliphatic heterocycles. The molecule has 0 aliphatic carbocycles. The van der Waals surface area contributed by atoms with Crippen LogP contribution in [0.4, 0.5) is 5.69 Å². The summed E-state index contributed by atoms with van der Waals surface area (Å²) in [5, 5.41) is 15.8. The van der Waals surface area contributed by atoms with Crippen molar-refractivity contribution in [2.45, 2.75) is 38.6 Å². The zero-order chi connectivity index (χ0) is 20.0. The average Bonchev–Trinajstić information content (AvgIpc) is 3.10. The Morgan fingerprint density at radius 1 is 1.19 bits per heavy atom. The van der Waals surface area contributed by atoms with Crippen LogP contribution in [0.1, 0.15) is 43.5 Å². The zero-order valence-electron chi connectivity index (χ0n) is 15.6. The molecule has 8 heteroatoms. The Kier molecular flexibility index (Phi) is 6.33. The molecule has 1 amide bonds. The average molecular weight is 373 g/mol. The molecule has 0 saturated heterocycles. The van der Waals surface area contributed by atoms with Crippen molar-refractivity contribution in [3.05, 3.63) is 42.2 Å². The number of ether oxygens (including phenoxy) is 1. The van der Waals surface area contributed by atoms with Gasteiger partial charge in [-0.3, -0.25) is 14.3 Å². The van der Waals surface area contributed by atoms with Crippen LogP contribution >= 0.6 is 0 Å². The van der Waals surface area contributed by atoms with Crippen molar-refractivity contribution in [2.24, 2.45) is 0 Å². The van der Waals surface area contributed by atoms with Crippen LogP contribution in [0.3, 0.4) is 0 Å². The fourth-order valence-electron chi connectivity index (χ4n) is 2.35. The molecular formula is C19H23N3O5. The SMILES string of the molecule is COc1ccc(C(=O)CCCC(=O)Nc2cnn(C(C)(C)C(=O)O)c2)cc1. The van der Waals surface area contributed by atoms with Crippen molar-refractivity contribution in [3.63, 3.8) is 0 Å². The monoisotopic (exact) mass is 373 g/mol. The molecule has 144 valence electrons. The van der Waals surface area contributed by atoms with Gasteiger partial charge >= 0.3 is 5.97 Å². The highest BCUT2D eigenvalue weighted by atomic mass is 16.5. The van der Waals surface area contributed by atoms with Crippen molar-refractivity contribution < 1.29 is 24.2 Å². The molecule has 8 nitrogen and oxygen atoms in total. The van der Waals surface area contributed by atoms with Crippen molar-refractivity contribution in [2.75, 3.05) is 12.4 Å². The summed E-state index contributed by atoms with van der Waals surface area (Å²) < 4.78 is 6.33. The Morgan fingerprint density at radius 3 is 2.44 bits per heavy atom. The number of ketones is 1. The van der Waals surface area contributed by atoms with Crippen molar-refractivity contribution >= 4 is 23.3 Å². The molecule has 0 spiro atoms. The van der Waals surface area contributed by atoms with E-state index >= 15 is 0 Å². The summed E-state index contributed by atoms with van der Waals surface area (Å²) in [7, 11) is 1.56. The van der Waals surface area contributed by atoms with E-state index in [1.807, 2.05) is 0 Å². The van der Waals surface area contributed by atoms with Gasteiger partial charge in [-0.25, -0.2) is 4.79 Å². The van der Waals surface area contributed by atoms with Gasteiger partial charge in [0.1, 0.15) is 5.75 Å². The summed E-state index contributed by atoms with van der Waals surface area (Å²) in [5.74, 6) is -0.648. The largest absolute Gasteiger partial charge is 0.497 e. The maximum absolute atomic E-state index is 12.1. The van der Waals surface area contributed by atoms with E-state index in [4.69, 9.17) is 4.74 Å². The number of nitrogens with zero attached hydrogens (tertiary/aromatic N) is 2. The first-order valence-electron chi connectivity index (χ1n) is 8.49. The third-order valence-electron chi connectivity index (χ3n) is 4.18. The molecule has 27 heavy (non-hydrogen) atoms. The molecular weight excluding hydrogens is 350 g/mol. The van der Waals surface area contributed by atoms with Crippen molar-refractivity contribution in [1.82, 2.24) is 9.78 Å². The van der Waals surface area contributed by atoms with Crippen LogP contribution in [0, 0.1) is 0 Å². The van der Waals surface area contributed by atoms with E-state index in [0.717, 1.165) is 0 Å². The molecule has 1 heterocycles. The van der Waals surface area contributed by atoms with E-state index in [2.05, 4.69) is 10.4 Å². The first kappa shape index (κ1) is 20.2. The lowest BCUT2D eigenvalue weighted by molar-refractivity contribution is -0.146. The number of carbonyl (C=O) groups is 3. The Morgan fingerprint density at radius 2 is 1.85 bits per heavy atom. The Hall–Kier alpha value is -3.16. The molecule has 0 aliphatic rings. The normalized spacial score (nSPS) is 11.1. The van der Waals surface area contributed by atoms with E-state index in [1.54, 1.807) is 31.4 Å². The topological polar surface area (TPSA) is 111 Å². The number of rotatable bonds is 9. The molecule has 1 aromatic carbocycles. The molecule has 0 bridgehead atoms. The smallest absolute Gasteiger partial charge is 0.331 e. The first-order chi connectivity index (χ1) is 12.7. The van der Waals surface area contributed by atoms with Gasteiger partial charge in [0.2, 0.25) is 5.91 Å². The molecule has 0 saturated carbocycles. The van der Waals surface area contributed by atoms with Gasteiger partial charge in [-0.2, -0.15) is 5.10 Å². The lowest BCUT2D eigenvalue weighted by Gasteiger charge is -2.19. The second-order valence-corrected chi connectivity index (χ2v) is 6.59. The molecule has 2 aromatic rings. The van der Waals surface area contributed by atoms with E-state index in [1.165, 1.54) is 30.9 Å². The van der Waals surface area contributed by atoms with Gasteiger partial charge in [0.05, 0.1) is 19.0 Å². The number of benzene rings is 1. The molecule has 2 N–H and O–H groups in total. The Bertz CT molecular complexity index is 824. The summed E-state index contributed by atoms with van der Waals surface area (Å²) >= 11 is 0. The van der Waals surface area contributed by atoms with Crippen LogP contribution in [0.25, 0.3) is 0 Å². The standard InChI is InChI=1S/C19H23N3O5/c1-19(2,18(25)26)22-12-14(11-20-22)21-17(24)6-4-5-16(23)13-7-9-15(27-3)10-8-13/h7-12H,4-6H2,1-3H3,(H,21,24)(H,25,26). The number of aliphatic carboxylic acids is 1. The predicted molar refractivity (Wildman–Crippen MR) is 99.0 cm³/mol. The minimum atomic E-state index is -1.21. The summed E-state index contributed by atoms with van der Waals surface area (Å²) in [6.45, 7) is 3.03. The highest BCUT2D eigenvalue weighted by Crippen LogP contribution is 2.18. The van der Waals surface area contributed by atoms with E-state index in [9.17, 15) is 19.5 Å². The zero-order valence-corrected chi connectivity index (χ0v) is 15.6. The summed E-state index contributed by atoms with van der Waals surface area (Å²) in [6, 6.07) is 6.83. The van der Waals surface area contributed by atoms with Crippen molar-refractivity contribution in [3.8, 4) is 5.75 Å². The number of hydrogen-bond acceptors (Lipinski definition) is 5. The molecule has 2 rings (SSSR count). The number of methoxy groups -OCH3 is 1. The quantitative estimate of drug-likeness (QED) is 0.654. The number of aromatic nitrogens is 2. The summed E-state index contributed by atoms with van der Waals surface area (Å²) in [5.41, 5.74) is -0.225. The minimum Gasteiger partial charge on any atom is -0.497 e. The first-order valence-corrected chi connectivity index (χ1v) is 8.49. The van der Waals surface area contributed by atoms with Crippen LogP contribution in [-0.4, -0.2) is 39.7 Å². The second kappa shape index (κ2) is 8.48. The fourth-order valence-corrected chi connectivity index (χ4v) is 2.35. The van der Waals surface area contributed by atoms with E-state index < -0.39 is 11.5 Å². The Labute approximate surface area is 157 Å². The lowest BCUT2D eigenvalue weighted by Crippen LogP contribution is -2.35. The number of anilines is 1. The number of Topliss-reactive ketones (excluding diaryl/α,β-unsaturated/α-hetero) is 1. The van der Waals surface area contributed by atoms with Gasteiger partial charge in [-0.15, -0.1) is 0 Å². The van der Waals surface area contributed by atoms with Crippen LogP contribution in [0.2, 0.25) is 0 Å². The van der Waals surface area contributed by atoms with E-state index in [-0.39, 0.29) is 24.5 Å². The van der Waals surface area contributed by atoms with Gasteiger partial charge in [0.25, 0.3) is 0 Å². The molecule has 0 atom stereocenters. The lowest BCUT2D eigenvalue weighted by atomic mass is 10.1. The van der Waals surface area contributed by atoms with Crippen LogP contribution < -0.4 is 10.1 Å². The molecule has 0 radical (unpaired) electrons. The number of amides is 1. The van der Waals surface area contributed by atoms with Crippen LogP contribution in [-0.2, 0) is 15.1 Å². The maximum Gasteiger partial charge on any atom is 0.331 e. The number of carboxylic acids is 1. The predicted octanol–water partition coefficient (Wildman–Crippen LogP) is 2.70. The van der Waals surface area contributed by atoms with Crippen molar-refractivity contribution in [1.29, 1.82) is 0 Å². The van der Waals surface area contributed by atoms with Gasteiger partial charge < -0.3 is 15.2 Å². The third kappa shape index (κ3) is 5.16. The van der Waals surface area contributed by atoms with E-state index in [0.29, 0.717) is 23.4 Å². The molecule has 0 fully saturated rings. The Balaban J connectivity index is 1.82. The number of hydrogen-bond donors (Lipinski definition) is 2. The fraction of sp³-hybridized carbons (Fsp3) is 0.368. The highest BCUT2D eigenvalue weighted by molar-refractivity contribution is 5.96. The maximum atomic E-state index is 12.1. The van der Waals surface area contributed by atoms with Crippen LogP contribution in [0.15, 0.2) is 36.7 Å². The van der Waals surface area contributed by atoms with Gasteiger partial charge in [0, 0.05) is 24.6 Å². The minimum absolute atomic E-state index is 0.0403. The summed E-state index contributed by atoms with van der Waals surface area (Å²) in [6.07, 6.45) is 3.70. The number of nitrogens with one attached hydrogen (secondary N) is 1. The summed E-state index contributed by atoms with van der Waals surface area (Å²) in [4.78, 5) is 35.4. The number of carbonyl (C=O) groups excluding carboxylic acids is 2. The van der Waals surface area contributed by atoms with Gasteiger partial charge in [-0.05, 0) is 44.5 Å². The third-order valence-corrected chi connectivity index (χ3v) is 4.18. The second-order valence-electron chi connectivity index (χ2n) is 6.59. The van der Waals surface area contributed by atoms with Gasteiger partial charge in [0.15, 0.2) is 11.3 Å². The van der Waals surface area contributed by atoms with Gasteiger partial charge in [-0.1, -0.05) is 0 Å². The highest BCUT2D eigenvalue weighted by Gasteiger charge is 2.30. The number of carboxylic acid groups (broad SMARTS) is 1. The van der Waals surface area contributed by atoms with Crippen LogP contribution in [0.5, 0.6) is 5.75 Å². The molecule has 1 aromatic heterocycles. The molecule has 0 unspecified atom stereocenters.